The number of rotatable bonds is 4. The zero-order valence-electron chi connectivity index (χ0n) is 11.6. The first kappa shape index (κ1) is 14.1. The third-order valence-electron chi connectivity index (χ3n) is 2.90. The van der Waals surface area contributed by atoms with Gasteiger partial charge in [0.1, 0.15) is 5.69 Å². The number of aliphatic hydroxyl groups excluding tert-OH is 1. The Labute approximate surface area is 117 Å². The number of likely N-dealkylation sites (N-methyl/N-ethyl adjacent to an activating group) is 1. The molecule has 0 unspecified atom stereocenters. The third-order valence-corrected chi connectivity index (χ3v) is 2.90. The van der Waals surface area contributed by atoms with Crippen LogP contribution in [0.1, 0.15) is 0 Å². The van der Waals surface area contributed by atoms with Gasteiger partial charge in [-0.05, 0) is 0 Å². The molecule has 6 nitrogen and oxygen atoms in total. The number of hydrogen-bond donors (Lipinski definition) is 2. The lowest BCUT2D eigenvalue weighted by Crippen LogP contribution is -2.33. The van der Waals surface area contributed by atoms with E-state index in [1.165, 1.54) is 4.90 Å². The van der Waals surface area contributed by atoms with Crippen LogP contribution in [0.2, 0.25) is 0 Å². The van der Waals surface area contributed by atoms with Gasteiger partial charge in [0.05, 0.1) is 12.3 Å². The Morgan fingerprint density at radius 1 is 1.40 bits per heavy atom. The third kappa shape index (κ3) is 3.16. The zero-order chi connectivity index (χ0) is 14.5. The highest BCUT2D eigenvalue weighted by Gasteiger charge is 2.14. The maximum atomic E-state index is 12.0. The maximum absolute atomic E-state index is 12.0. The topological polar surface area (TPSA) is 70.4 Å². The number of aryl methyl sites for hydroxylation is 1. The normalized spacial score (nSPS) is 10.3. The molecule has 6 heteroatoms. The molecule has 20 heavy (non-hydrogen) atoms. The number of aliphatic hydroxyl groups is 1. The molecule has 0 saturated carbocycles. The molecule has 2 N–H and O–H groups in total. The number of urea groups is 1. The minimum absolute atomic E-state index is 0.0670. The predicted molar refractivity (Wildman–Crippen MR) is 77.4 cm³/mol. The largest absolute Gasteiger partial charge is 0.395 e. The Hall–Kier alpha value is -2.34. The lowest BCUT2D eigenvalue weighted by Gasteiger charge is -2.16. The maximum Gasteiger partial charge on any atom is 0.321 e. The van der Waals surface area contributed by atoms with E-state index in [4.69, 9.17) is 5.11 Å². The Bertz CT molecular complexity index is 580. The van der Waals surface area contributed by atoms with Gasteiger partial charge in [-0.15, -0.1) is 0 Å². The van der Waals surface area contributed by atoms with E-state index in [9.17, 15) is 4.79 Å². The Morgan fingerprint density at radius 2 is 2.10 bits per heavy atom. The molecule has 1 aromatic heterocycles. The summed E-state index contributed by atoms with van der Waals surface area (Å²) in [6, 6.07) is 9.38. The van der Waals surface area contributed by atoms with Crippen LogP contribution in [-0.2, 0) is 7.05 Å². The monoisotopic (exact) mass is 274 g/mol. The summed E-state index contributed by atoms with van der Waals surface area (Å²) >= 11 is 0. The molecule has 0 radical (unpaired) electrons. The summed E-state index contributed by atoms with van der Waals surface area (Å²) in [6.07, 6.45) is 1.76. The molecule has 0 saturated heterocycles. The highest BCUT2D eigenvalue weighted by molar-refractivity contribution is 5.93. The van der Waals surface area contributed by atoms with Crippen LogP contribution in [0.5, 0.6) is 0 Å². The minimum Gasteiger partial charge on any atom is -0.395 e. The second-order valence-electron chi connectivity index (χ2n) is 4.51. The number of nitrogens with one attached hydrogen (secondary N) is 1. The molecule has 0 aliphatic carbocycles. The Balaban J connectivity index is 2.23. The number of carbonyl (C=O) groups excluding carboxylic acids is 1. The van der Waals surface area contributed by atoms with Gasteiger partial charge in [-0.25, -0.2) is 4.79 Å². The predicted octanol–water partition coefficient (Wildman–Crippen LogP) is 1.54. The molecule has 2 amide bonds. The summed E-state index contributed by atoms with van der Waals surface area (Å²) in [6.45, 7) is 0.218. The number of nitrogens with zero attached hydrogens (tertiary/aromatic N) is 3. The van der Waals surface area contributed by atoms with Gasteiger partial charge in [0.2, 0.25) is 0 Å². The molecule has 2 aromatic rings. The molecule has 0 bridgehead atoms. The second kappa shape index (κ2) is 6.21. The fourth-order valence-electron chi connectivity index (χ4n) is 1.85. The zero-order valence-corrected chi connectivity index (χ0v) is 11.6. The summed E-state index contributed by atoms with van der Waals surface area (Å²) in [5.41, 5.74) is 2.31. The van der Waals surface area contributed by atoms with Crippen molar-refractivity contribution < 1.29 is 9.90 Å². The molecule has 0 spiro atoms. The van der Waals surface area contributed by atoms with Crippen LogP contribution < -0.4 is 5.32 Å². The van der Waals surface area contributed by atoms with Crippen LogP contribution in [0, 0.1) is 0 Å². The van der Waals surface area contributed by atoms with Crippen LogP contribution in [0.25, 0.3) is 11.3 Å². The standard InChI is InChI=1S/C14H18N4O2/c1-17(8-9-19)14(20)15-12-10-18(2)16-13(12)11-6-4-3-5-7-11/h3-7,10,19H,8-9H2,1-2H3,(H,15,20). The van der Waals surface area contributed by atoms with Crippen LogP contribution in [0.4, 0.5) is 10.5 Å². The highest BCUT2D eigenvalue weighted by atomic mass is 16.3. The second-order valence-corrected chi connectivity index (χ2v) is 4.51. The van der Waals surface area contributed by atoms with Gasteiger partial charge in [0, 0.05) is 32.4 Å². The first-order chi connectivity index (χ1) is 9.61. The van der Waals surface area contributed by atoms with E-state index in [0.717, 1.165) is 11.3 Å². The first-order valence-corrected chi connectivity index (χ1v) is 6.34. The van der Waals surface area contributed by atoms with Crippen LogP contribution in [-0.4, -0.2) is 46.0 Å². The lowest BCUT2D eigenvalue weighted by molar-refractivity contribution is 0.202. The van der Waals surface area contributed by atoms with Crippen molar-refractivity contribution in [3.05, 3.63) is 36.5 Å². The molecule has 2 rings (SSSR count). The number of benzene rings is 1. The summed E-state index contributed by atoms with van der Waals surface area (Å²) in [5.74, 6) is 0. The van der Waals surface area contributed by atoms with E-state index in [2.05, 4.69) is 10.4 Å². The molecule has 106 valence electrons. The minimum atomic E-state index is -0.274. The molecule has 1 heterocycles. The van der Waals surface area contributed by atoms with Gasteiger partial charge in [-0.1, -0.05) is 30.3 Å². The Kier molecular flexibility index (Phi) is 4.37. The SMILES string of the molecule is CN(CCO)C(=O)Nc1cn(C)nc1-c1ccccc1. The van der Waals surface area contributed by atoms with E-state index < -0.39 is 0 Å². The van der Waals surface area contributed by atoms with Crippen molar-refractivity contribution in [2.45, 2.75) is 0 Å². The molecular formula is C14H18N4O2. The van der Waals surface area contributed by atoms with E-state index in [-0.39, 0.29) is 19.2 Å². The summed E-state index contributed by atoms with van der Waals surface area (Å²) in [4.78, 5) is 13.4. The Morgan fingerprint density at radius 3 is 2.75 bits per heavy atom. The summed E-state index contributed by atoms with van der Waals surface area (Å²) in [7, 11) is 3.43. The fourth-order valence-corrected chi connectivity index (χ4v) is 1.85. The summed E-state index contributed by atoms with van der Waals surface area (Å²) < 4.78 is 1.66. The number of anilines is 1. The number of aromatic nitrogens is 2. The van der Waals surface area contributed by atoms with Crippen molar-refractivity contribution in [2.24, 2.45) is 7.05 Å². The van der Waals surface area contributed by atoms with Gasteiger partial charge >= 0.3 is 6.03 Å². The highest BCUT2D eigenvalue weighted by Crippen LogP contribution is 2.25. The van der Waals surface area contributed by atoms with Crippen LogP contribution in [0.3, 0.4) is 0 Å². The van der Waals surface area contributed by atoms with Crippen molar-refractivity contribution in [1.82, 2.24) is 14.7 Å². The van der Waals surface area contributed by atoms with E-state index in [1.54, 1.807) is 25.0 Å². The van der Waals surface area contributed by atoms with Crippen LogP contribution in [0.15, 0.2) is 36.5 Å². The lowest BCUT2D eigenvalue weighted by atomic mass is 10.1. The first-order valence-electron chi connectivity index (χ1n) is 6.34. The molecule has 0 aliphatic rings. The number of amides is 2. The van der Waals surface area contributed by atoms with Crippen molar-refractivity contribution in [2.75, 3.05) is 25.5 Å². The van der Waals surface area contributed by atoms with E-state index >= 15 is 0 Å². The molecule has 0 atom stereocenters. The quantitative estimate of drug-likeness (QED) is 0.888. The van der Waals surface area contributed by atoms with Gasteiger partial charge in [-0.3, -0.25) is 4.68 Å². The van der Waals surface area contributed by atoms with Crippen molar-refractivity contribution in [3.63, 3.8) is 0 Å². The van der Waals surface area contributed by atoms with Crippen molar-refractivity contribution in [3.8, 4) is 11.3 Å². The molecule has 0 fully saturated rings. The number of hydrogen-bond acceptors (Lipinski definition) is 3. The molecular weight excluding hydrogens is 256 g/mol. The average Bonchev–Trinajstić information content (AvgIpc) is 2.81. The van der Waals surface area contributed by atoms with Crippen LogP contribution >= 0.6 is 0 Å². The van der Waals surface area contributed by atoms with Crippen molar-refractivity contribution in [1.29, 1.82) is 0 Å². The van der Waals surface area contributed by atoms with E-state index in [0.29, 0.717) is 5.69 Å². The van der Waals surface area contributed by atoms with Gasteiger partial charge in [-0.2, -0.15) is 5.10 Å². The van der Waals surface area contributed by atoms with Gasteiger partial charge < -0.3 is 15.3 Å². The van der Waals surface area contributed by atoms with E-state index in [1.807, 2.05) is 30.3 Å². The fraction of sp³-hybridized carbons (Fsp3) is 0.286. The number of carbonyl (C=O) groups is 1. The molecule has 0 aliphatic heterocycles. The smallest absolute Gasteiger partial charge is 0.321 e. The van der Waals surface area contributed by atoms with Gasteiger partial charge in [0.25, 0.3) is 0 Å². The van der Waals surface area contributed by atoms with Gasteiger partial charge in [0.15, 0.2) is 0 Å². The average molecular weight is 274 g/mol. The van der Waals surface area contributed by atoms with Crippen molar-refractivity contribution >= 4 is 11.7 Å². The summed E-state index contributed by atoms with van der Waals surface area (Å²) in [5, 5.41) is 16.0. The molecule has 1 aromatic carbocycles.